The molecule has 1 amide bonds. The van der Waals surface area contributed by atoms with Gasteiger partial charge in [0.1, 0.15) is 0 Å². The van der Waals surface area contributed by atoms with Gasteiger partial charge in [-0.1, -0.05) is 23.4 Å². The predicted octanol–water partition coefficient (Wildman–Crippen LogP) is 1.58. The van der Waals surface area contributed by atoms with E-state index in [1.54, 1.807) is 31.2 Å². The number of nitrogens with one attached hydrogen (secondary N) is 1. The molecule has 0 aliphatic carbocycles. The van der Waals surface area contributed by atoms with Gasteiger partial charge in [0.15, 0.2) is 5.82 Å². The number of hydrogen-bond donors (Lipinski definition) is 2. The van der Waals surface area contributed by atoms with Crippen LogP contribution in [0.3, 0.4) is 0 Å². The Morgan fingerprint density at radius 1 is 1.33 bits per heavy atom. The van der Waals surface area contributed by atoms with Crippen molar-refractivity contribution in [2.24, 2.45) is 0 Å². The Bertz CT molecular complexity index is 651. The molecule has 1 aromatic carbocycles. The second-order valence-corrected chi connectivity index (χ2v) is 4.51. The normalized spacial score (nSPS) is 10.3. The first-order valence-corrected chi connectivity index (χ1v) is 6.43. The molecule has 2 aromatic rings. The summed E-state index contributed by atoms with van der Waals surface area (Å²) >= 11 is 0. The van der Waals surface area contributed by atoms with Gasteiger partial charge >= 0.3 is 5.97 Å². The van der Waals surface area contributed by atoms with Gasteiger partial charge in [-0.15, -0.1) is 0 Å². The lowest BCUT2D eigenvalue weighted by Gasteiger charge is -2.09. The van der Waals surface area contributed by atoms with E-state index >= 15 is 0 Å². The molecule has 1 aromatic heterocycles. The van der Waals surface area contributed by atoms with Crippen molar-refractivity contribution in [3.05, 3.63) is 41.5 Å². The number of hydrogen-bond acceptors (Lipinski definition) is 5. The van der Waals surface area contributed by atoms with Crippen molar-refractivity contribution >= 4 is 17.6 Å². The van der Waals surface area contributed by atoms with Crippen molar-refractivity contribution in [3.63, 3.8) is 0 Å². The second kappa shape index (κ2) is 6.65. The fourth-order valence-corrected chi connectivity index (χ4v) is 1.83. The van der Waals surface area contributed by atoms with Crippen LogP contribution < -0.4 is 5.32 Å². The smallest absolute Gasteiger partial charge is 0.307 e. The summed E-state index contributed by atoms with van der Waals surface area (Å²) in [6, 6.07) is 6.82. The number of anilines is 1. The zero-order valence-electron chi connectivity index (χ0n) is 11.5. The number of benzene rings is 1. The highest BCUT2D eigenvalue weighted by Gasteiger charge is 2.11. The number of aliphatic carboxylic acids is 1. The molecule has 2 N–H and O–H groups in total. The number of carboxylic acids is 1. The van der Waals surface area contributed by atoms with Crippen molar-refractivity contribution in [2.75, 3.05) is 5.32 Å². The molecule has 7 heteroatoms. The van der Waals surface area contributed by atoms with Crippen LogP contribution in [0, 0.1) is 6.92 Å². The number of para-hydroxylation sites is 1. The lowest BCUT2D eigenvalue weighted by atomic mass is 10.1. The lowest BCUT2D eigenvalue weighted by Crippen LogP contribution is -2.14. The van der Waals surface area contributed by atoms with E-state index in [2.05, 4.69) is 15.5 Å². The largest absolute Gasteiger partial charge is 0.481 e. The quantitative estimate of drug-likeness (QED) is 0.836. The van der Waals surface area contributed by atoms with Gasteiger partial charge in [0.05, 0.1) is 6.42 Å². The van der Waals surface area contributed by atoms with Crippen LogP contribution in [0.25, 0.3) is 0 Å². The Hall–Kier alpha value is -2.70. The highest BCUT2D eigenvalue weighted by molar-refractivity contribution is 5.92. The molecule has 1 heterocycles. The Morgan fingerprint density at radius 3 is 2.76 bits per heavy atom. The number of aryl methyl sites for hydroxylation is 2. The van der Waals surface area contributed by atoms with Crippen molar-refractivity contribution < 1.29 is 19.2 Å². The van der Waals surface area contributed by atoms with Gasteiger partial charge in [0.25, 0.3) is 0 Å². The molecule has 0 aliphatic heterocycles. The number of carbonyl (C=O) groups excluding carboxylic acids is 1. The first kappa shape index (κ1) is 14.7. The van der Waals surface area contributed by atoms with E-state index in [0.717, 1.165) is 0 Å². The van der Waals surface area contributed by atoms with Gasteiger partial charge < -0.3 is 14.9 Å². The molecule has 21 heavy (non-hydrogen) atoms. The molecule has 0 saturated heterocycles. The number of rotatable bonds is 6. The molecule has 2 rings (SSSR count). The maximum Gasteiger partial charge on any atom is 0.307 e. The molecule has 0 spiro atoms. The molecule has 7 nitrogen and oxygen atoms in total. The molecule has 0 radical (unpaired) electrons. The van der Waals surface area contributed by atoms with Gasteiger partial charge in [-0.25, -0.2) is 0 Å². The summed E-state index contributed by atoms with van der Waals surface area (Å²) in [5.74, 6) is -0.250. The maximum atomic E-state index is 11.9. The minimum absolute atomic E-state index is 0.140. The van der Waals surface area contributed by atoms with Gasteiger partial charge in [-0.3, -0.25) is 9.59 Å². The van der Waals surface area contributed by atoms with Crippen molar-refractivity contribution in [1.29, 1.82) is 0 Å². The number of aromatic nitrogens is 2. The molecule has 0 bridgehead atoms. The van der Waals surface area contributed by atoms with E-state index in [4.69, 9.17) is 9.63 Å². The van der Waals surface area contributed by atoms with Crippen molar-refractivity contribution in [1.82, 2.24) is 10.1 Å². The summed E-state index contributed by atoms with van der Waals surface area (Å²) in [5.41, 5.74) is 1.07. The fraction of sp³-hybridized carbons (Fsp3) is 0.286. The Balaban J connectivity index is 1.94. The van der Waals surface area contributed by atoms with Crippen LogP contribution in [0.1, 0.15) is 23.7 Å². The zero-order chi connectivity index (χ0) is 15.2. The molecule has 110 valence electrons. The van der Waals surface area contributed by atoms with Crippen LogP contribution in [0.4, 0.5) is 5.69 Å². The Kier molecular flexibility index (Phi) is 4.65. The average Bonchev–Trinajstić information content (AvgIpc) is 2.84. The van der Waals surface area contributed by atoms with Gasteiger partial charge in [0, 0.05) is 18.5 Å². The van der Waals surface area contributed by atoms with Crippen LogP contribution >= 0.6 is 0 Å². The summed E-state index contributed by atoms with van der Waals surface area (Å²) in [6.45, 7) is 1.70. The summed E-state index contributed by atoms with van der Waals surface area (Å²) < 4.78 is 4.92. The predicted molar refractivity (Wildman–Crippen MR) is 73.8 cm³/mol. The second-order valence-electron chi connectivity index (χ2n) is 4.51. The van der Waals surface area contributed by atoms with Crippen LogP contribution in [-0.4, -0.2) is 27.1 Å². The van der Waals surface area contributed by atoms with E-state index < -0.39 is 5.97 Å². The Labute approximate surface area is 121 Å². The number of carboxylic acid groups (broad SMARTS) is 1. The van der Waals surface area contributed by atoms with Crippen molar-refractivity contribution in [2.45, 2.75) is 26.2 Å². The molecular formula is C14H15N3O4. The number of amides is 1. The summed E-state index contributed by atoms with van der Waals surface area (Å²) in [7, 11) is 0. The fourth-order valence-electron chi connectivity index (χ4n) is 1.83. The molecule has 0 unspecified atom stereocenters. The molecule has 0 atom stereocenters. The molecule has 0 fully saturated rings. The summed E-state index contributed by atoms with van der Waals surface area (Å²) in [5, 5.41) is 15.2. The first-order valence-electron chi connectivity index (χ1n) is 6.43. The van der Waals surface area contributed by atoms with E-state index in [0.29, 0.717) is 29.4 Å². The van der Waals surface area contributed by atoms with E-state index in [9.17, 15) is 9.59 Å². The highest BCUT2D eigenvalue weighted by atomic mass is 16.5. The molecule has 0 saturated carbocycles. The van der Waals surface area contributed by atoms with Crippen LogP contribution in [0.5, 0.6) is 0 Å². The minimum atomic E-state index is -0.946. The van der Waals surface area contributed by atoms with E-state index in [1.807, 2.05) is 0 Å². The van der Waals surface area contributed by atoms with Crippen LogP contribution in [0.15, 0.2) is 28.8 Å². The molecule has 0 aliphatic rings. The maximum absolute atomic E-state index is 11.9. The van der Waals surface area contributed by atoms with Crippen LogP contribution in [0.2, 0.25) is 0 Å². The van der Waals surface area contributed by atoms with E-state index in [1.165, 1.54) is 0 Å². The summed E-state index contributed by atoms with van der Waals surface area (Å²) in [4.78, 5) is 26.7. The minimum Gasteiger partial charge on any atom is -0.481 e. The van der Waals surface area contributed by atoms with Gasteiger partial charge in [-0.05, 0) is 18.6 Å². The third kappa shape index (κ3) is 4.41. The van der Waals surface area contributed by atoms with Gasteiger partial charge in [-0.2, -0.15) is 4.98 Å². The average molecular weight is 289 g/mol. The standard InChI is InChI=1S/C14H15N3O4/c1-9-15-13(21-17-9)7-6-12(18)16-11-5-3-2-4-10(11)8-14(19)20/h2-5H,6-8H2,1H3,(H,16,18)(H,19,20). The van der Waals surface area contributed by atoms with Gasteiger partial charge in [0.2, 0.25) is 11.8 Å². The van der Waals surface area contributed by atoms with Crippen molar-refractivity contribution in [3.8, 4) is 0 Å². The SMILES string of the molecule is Cc1noc(CCC(=O)Nc2ccccc2CC(=O)O)n1. The lowest BCUT2D eigenvalue weighted by molar-refractivity contribution is -0.136. The third-order valence-electron chi connectivity index (χ3n) is 2.77. The van der Waals surface area contributed by atoms with E-state index in [-0.39, 0.29) is 18.7 Å². The number of nitrogens with zero attached hydrogens (tertiary/aromatic N) is 2. The third-order valence-corrected chi connectivity index (χ3v) is 2.77. The summed E-state index contributed by atoms with van der Waals surface area (Å²) in [6.07, 6.45) is 0.385. The monoisotopic (exact) mass is 289 g/mol. The first-order chi connectivity index (χ1) is 10.0. The zero-order valence-corrected chi connectivity index (χ0v) is 11.5. The molecular weight excluding hydrogens is 274 g/mol. The number of carbonyl (C=O) groups is 2. The highest BCUT2D eigenvalue weighted by Crippen LogP contribution is 2.16. The topological polar surface area (TPSA) is 105 Å². The van der Waals surface area contributed by atoms with Crippen LogP contribution in [-0.2, 0) is 22.4 Å². The Morgan fingerprint density at radius 2 is 2.10 bits per heavy atom.